The van der Waals surface area contributed by atoms with E-state index < -0.39 is 5.60 Å². The predicted molar refractivity (Wildman–Crippen MR) is 76.2 cm³/mol. The maximum Gasteiger partial charge on any atom is 0.410 e. The Labute approximate surface area is 118 Å². The maximum atomic E-state index is 12.8. The Hall–Kier alpha value is -1.78. The fourth-order valence-electron chi connectivity index (χ4n) is 2.15. The van der Waals surface area contributed by atoms with Crippen LogP contribution in [0.25, 0.3) is 0 Å². The summed E-state index contributed by atoms with van der Waals surface area (Å²) in [6.07, 6.45) is 0.581. The lowest BCUT2D eigenvalue weighted by atomic mass is 10.2. The van der Waals surface area contributed by atoms with E-state index in [0.29, 0.717) is 13.1 Å². The lowest BCUT2D eigenvalue weighted by Crippen LogP contribution is -2.36. The average molecular weight is 280 g/mol. The van der Waals surface area contributed by atoms with Crippen molar-refractivity contribution in [2.24, 2.45) is 0 Å². The minimum Gasteiger partial charge on any atom is -0.444 e. The molecular weight excluding hydrogens is 259 g/mol. The van der Waals surface area contributed by atoms with Crippen molar-refractivity contribution in [2.75, 3.05) is 18.4 Å². The molecule has 1 aliphatic rings. The molecule has 1 aromatic carbocycles. The predicted octanol–water partition coefficient (Wildman–Crippen LogP) is 3.25. The van der Waals surface area contributed by atoms with Crippen LogP contribution in [-0.4, -0.2) is 35.7 Å². The third-order valence-electron chi connectivity index (χ3n) is 3.05. The highest BCUT2D eigenvalue weighted by Gasteiger charge is 2.29. The SMILES string of the molecule is CC(C)(C)OC(=O)N1CC[C@@H](Nc2ccc(F)cc2)C1. The summed E-state index contributed by atoms with van der Waals surface area (Å²) in [4.78, 5) is 13.6. The first-order valence-electron chi connectivity index (χ1n) is 6.83. The van der Waals surface area contributed by atoms with Crippen LogP contribution in [0.15, 0.2) is 24.3 Å². The number of benzene rings is 1. The van der Waals surface area contributed by atoms with Gasteiger partial charge in [0.05, 0.1) is 0 Å². The van der Waals surface area contributed by atoms with Crippen LogP contribution >= 0.6 is 0 Å². The minimum atomic E-state index is -0.473. The fourth-order valence-corrected chi connectivity index (χ4v) is 2.15. The molecule has 0 aromatic heterocycles. The van der Waals surface area contributed by atoms with Gasteiger partial charge in [-0.1, -0.05) is 0 Å². The summed E-state index contributed by atoms with van der Waals surface area (Å²) in [5.74, 6) is -0.252. The lowest BCUT2D eigenvalue weighted by molar-refractivity contribution is 0.0293. The van der Waals surface area contributed by atoms with E-state index in [1.165, 1.54) is 12.1 Å². The number of anilines is 1. The molecule has 1 atom stereocenters. The van der Waals surface area contributed by atoms with Crippen molar-refractivity contribution >= 4 is 11.8 Å². The Balaban J connectivity index is 1.86. The summed E-state index contributed by atoms with van der Waals surface area (Å²) in [5, 5.41) is 3.30. The molecule has 1 amide bonds. The van der Waals surface area contributed by atoms with E-state index in [-0.39, 0.29) is 18.0 Å². The molecule has 0 spiro atoms. The van der Waals surface area contributed by atoms with Gasteiger partial charge in [-0.15, -0.1) is 0 Å². The summed E-state index contributed by atoms with van der Waals surface area (Å²) in [6, 6.07) is 6.41. The monoisotopic (exact) mass is 280 g/mol. The number of carbonyl (C=O) groups is 1. The molecule has 110 valence electrons. The number of nitrogens with one attached hydrogen (secondary N) is 1. The van der Waals surface area contributed by atoms with Crippen molar-refractivity contribution in [3.63, 3.8) is 0 Å². The topological polar surface area (TPSA) is 41.6 Å². The fraction of sp³-hybridized carbons (Fsp3) is 0.533. The number of carbonyl (C=O) groups excluding carboxylic acids is 1. The quantitative estimate of drug-likeness (QED) is 0.904. The van der Waals surface area contributed by atoms with Crippen molar-refractivity contribution in [1.29, 1.82) is 0 Å². The minimum absolute atomic E-state index is 0.174. The highest BCUT2D eigenvalue weighted by molar-refractivity contribution is 5.68. The third-order valence-corrected chi connectivity index (χ3v) is 3.05. The van der Waals surface area contributed by atoms with Gasteiger partial charge in [0, 0.05) is 24.8 Å². The summed E-state index contributed by atoms with van der Waals surface area (Å²) in [5.41, 5.74) is 0.391. The number of hydrogen-bond donors (Lipinski definition) is 1. The Morgan fingerprint density at radius 3 is 2.60 bits per heavy atom. The van der Waals surface area contributed by atoms with E-state index in [1.807, 2.05) is 20.8 Å². The molecule has 1 aromatic rings. The van der Waals surface area contributed by atoms with Gasteiger partial charge in [0.1, 0.15) is 11.4 Å². The van der Waals surface area contributed by atoms with Crippen LogP contribution in [0.3, 0.4) is 0 Å². The second-order valence-corrected chi connectivity index (χ2v) is 6.06. The molecule has 0 saturated carbocycles. The van der Waals surface area contributed by atoms with Gasteiger partial charge in [-0.3, -0.25) is 0 Å². The zero-order valence-electron chi connectivity index (χ0n) is 12.1. The van der Waals surface area contributed by atoms with Crippen molar-refractivity contribution in [3.8, 4) is 0 Å². The van der Waals surface area contributed by atoms with E-state index in [0.717, 1.165) is 12.1 Å². The van der Waals surface area contributed by atoms with Gasteiger partial charge in [0.15, 0.2) is 0 Å². The molecule has 0 bridgehead atoms. The first-order chi connectivity index (χ1) is 9.33. The van der Waals surface area contributed by atoms with E-state index in [4.69, 9.17) is 4.74 Å². The van der Waals surface area contributed by atoms with Crippen molar-refractivity contribution in [2.45, 2.75) is 38.8 Å². The van der Waals surface area contributed by atoms with E-state index >= 15 is 0 Å². The summed E-state index contributed by atoms with van der Waals surface area (Å²) < 4.78 is 18.2. The summed E-state index contributed by atoms with van der Waals surface area (Å²) in [6.45, 7) is 6.85. The highest BCUT2D eigenvalue weighted by Crippen LogP contribution is 2.18. The number of nitrogens with zero attached hydrogens (tertiary/aromatic N) is 1. The van der Waals surface area contributed by atoms with Crippen LogP contribution in [0.5, 0.6) is 0 Å². The normalized spacial score (nSPS) is 19.0. The molecule has 1 fully saturated rings. The van der Waals surface area contributed by atoms with Crippen molar-refractivity contribution in [1.82, 2.24) is 4.90 Å². The molecule has 0 radical (unpaired) electrons. The molecular formula is C15H21FN2O2. The molecule has 1 heterocycles. The lowest BCUT2D eigenvalue weighted by Gasteiger charge is -2.24. The molecule has 1 aliphatic heterocycles. The van der Waals surface area contributed by atoms with Gasteiger partial charge in [0.25, 0.3) is 0 Å². The van der Waals surface area contributed by atoms with Gasteiger partial charge < -0.3 is 15.0 Å². The number of ether oxygens (including phenoxy) is 1. The van der Waals surface area contributed by atoms with Gasteiger partial charge >= 0.3 is 6.09 Å². The van der Waals surface area contributed by atoms with Crippen molar-refractivity contribution < 1.29 is 13.9 Å². The standard InChI is InChI=1S/C15H21FN2O2/c1-15(2,3)20-14(19)18-9-8-13(10-18)17-12-6-4-11(16)5-7-12/h4-7,13,17H,8-10H2,1-3H3/t13-/m1/s1. The summed E-state index contributed by atoms with van der Waals surface area (Å²) in [7, 11) is 0. The largest absolute Gasteiger partial charge is 0.444 e. The van der Waals surface area contributed by atoms with E-state index in [9.17, 15) is 9.18 Å². The molecule has 1 N–H and O–H groups in total. The summed E-state index contributed by atoms with van der Waals surface area (Å²) >= 11 is 0. The Morgan fingerprint density at radius 2 is 2.00 bits per heavy atom. The number of halogens is 1. The second-order valence-electron chi connectivity index (χ2n) is 6.06. The van der Waals surface area contributed by atoms with Crippen LogP contribution < -0.4 is 5.32 Å². The maximum absolute atomic E-state index is 12.8. The molecule has 2 rings (SSSR count). The highest BCUT2D eigenvalue weighted by atomic mass is 19.1. The van der Waals surface area contributed by atoms with Crippen LogP contribution in [0.4, 0.5) is 14.9 Å². The zero-order valence-corrected chi connectivity index (χ0v) is 12.1. The third kappa shape index (κ3) is 4.11. The number of amides is 1. The number of likely N-dealkylation sites (tertiary alicyclic amines) is 1. The average Bonchev–Trinajstić information content (AvgIpc) is 2.79. The smallest absolute Gasteiger partial charge is 0.410 e. The number of rotatable bonds is 2. The Morgan fingerprint density at radius 1 is 1.35 bits per heavy atom. The molecule has 0 unspecified atom stereocenters. The molecule has 4 nitrogen and oxygen atoms in total. The van der Waals surface area contributed by atoms with Crippen LogP contribution in [-0.2, 0) is 4.74 Å². The van der Waals surface area contributed by atoms with Crippen molar-refractivity contribution in [3.05, 3.63) is 30.1 Å². The van der Waals surface area contributed by atoms with Gasteiger partial charge in [0.2, 0.25) is 0 Å². The number of hydrogen-bond acceptors (Lipinski definition) is 3. The second kappa shape index (κ2) is 5.69. The first-order valence-corrected chi connectivity index (χ1v) is 6.83. The Bertz CT molecular complexity index is 468. The van der Waals surface area contributed by atoms with Crippen LogP contribution in [0.2, 0.25) is 0 Å². The molecule has 20 heavy (non-hydrogen) atoms. The Kier molecular flexibility index (Phi) is 4.16. The van der Waals surface area contributed by atoms with Crippen LogP contribution in [0, 0.1) is 5.82 Å². The molecule has 5 heteroatoms. The van der Waals surface area contributed by atoms with Gasteiger partial charge in [-0.25, -0.2) is 9.18 Å². The van der Waals surface area contributed by atoms with E-state index in [1.54, 1.807) is 17.0 Å². The van der Waals surface area contributed by atoms with E-state index in [2.05, 4.69) is 5.32 Å². The zero-order chi connectivity index (χ0) is 14.8. The van der Waals surface area contributed by atoms with Gasteiger partial charge in [-0.05, 0) is 51.5 Å². The molecule has 1 saturated heterocycles. The van der Waals surface area contributed by atoms with Gasteiger partial charge in [-0.2, -0.15) is 0 Å². The first kappa shape index (κ1) is 14.6. The molecule has 0 aliphatic carbocycles. The van der Waals surface area contributed by atoms with Crippen LogP contribution in [0.1, 0.15) is 27.2 Å².